The Kier molecular flexibility index (Phi) is 6.91. The summed E-state index contributed by atoms with van der Waals surface area (Å²) in [6.07, 6.45) is 0. The van der Waals surface area contributed by atoms with Gasteiger partial charge in [-0.05, 0) is 25.1 Å². The summed E-state index contributed by atoms with van der Waals surface area (Å²) in [5, 5.41) is 22.2. The van der Waals surface area contributed by atoms with E-state index in [1.807, 2.05) is 6.07 Å². The SMILES string of the molecule is Cc1ccc(C(=O)OCC(=O)Nc2ccccc2SCC#N)cc1[N+](=O)[O-]. The lowest BCUT2D eigenvalue weighted by Crippen LogP contribution is -2.21. The summed E-state index contributed by atoms with van der Waals surface area (Å²) in [5.41, 5.74) is 0.716. The molecule has 1 amide bonds. The molecule has 0 saturated carbocycles. The van der Waals surface area contributed by atoms with Gasteiger partial charge in [-0.1, -0.05) is 18.2 Å². The molecule has 8 nitrogen and oxygen atoms in total. The van der Waals surface area contributed by atoms with Crippen LogP contribution in [-0.4, -0.2) is 29.2 Å². The van der Waals surface area contributed by atoms with Gasteiger partial charge >= 0.3 is 5.97 Å². The van der Waals surface area contributed by atoms with Crippen LogP contribution in [0.4, 0.5) is 11.4 Å². The molecule has 0 fully saturated rings. The number of carbonyl (C=O) groups is 2. The number of nitrogens with zero attached hydrogens (tertiary/aromatic N) is 2. The first-order valence-electron chi connectivity index (χ1n) is 7.73. The molecule has 0 aromatic heterocycles. The minimum Gasteiger partial charge on any atom is -0.452 e. The number of aryl methyl sites for hydroxylation is 1. The smallest absolute Gasteiger partial charge is 0.338 e. The molecule has 0 heterocycles. The second-order valence-electron chi connectivity index (χ2n) is 5.33. The molecule has 0 aliphatic heterocycles. The van der Waals surface area contributed by atoms with Crippen molar-refractivity contribution in [3.05, 3.63) is 63.7 Å². The Morgan fingerprint density at radius 2 is 2.04 bits per heavy atom. The second kappa shape index (κ2) is 9.35. The lowest BCUT2D eigenvalue weighted by Gasteiger charge is -2.10. The van der Waals surface area contributed by atoms with Crippen molar-refractivity contribution in [3.63, 3.8) is 0 Å². The molecular weight excluding hydrogens is 370 g/mol. The monoisotopic (exact) mass is 385 g/mol. The third-order valence-corrected chi connectivity index (χ3v) is 4.37. The molecule has 138 valence electrons. The van der Waals surface area contributed by atoms with Gasteiger partial charge in [0.2, 0.25) is 0 Å². The number of thioether (sulfide) groups is 1. The molecule has 2 aromatic rings. The number of nitriles is 1. The second-order valence-corrected chi connectivity index (χ2v) is 6.34. The highest BCUT2D eigenvalue weighted by Crippen LogP contribution is 2.26. The fraction of sp³-hybridized carbons (Fsp3) is 0.167. The van der Waals surface area contributed by atoms with Gasteiger partial charge in [-0.15, -0.1) is 11.8 Å². The van der Waals surface area contributed by atoms with E-state index in [0.717, 1.165) is 6.07 Å². The topological polar surface area (TPSA) is 122 Å². The molecule has 0 bridgehead atoms. The van der Waals surface area contributed by atoms with Crippen LogP contribution in [0, 0.1) is 28.4 Å². The molecule has 2 rings (SSSR count). The highest BCUT2D eigenvalue weighted by molar-refractivity contribution is 7.99. The van der Waals surface area contributed by atoms with Crippen LogP contribution in [0.2, 0.25) is 0 Å². The zero-order valence-corrected chi connectivity index (χ0v) is 15.1. The predicted molar refractivity (Wildman–Crippen MR) is 99.5 cm³/mol. The number of para-hydroxylation sites is 1. The van der Waals surface area contributed by atoms with Gasteiger partial charge < -0.3 is 10.1 Å². The minimum atomic E-state index is -0.833. The van der Waals surface area contributed by atoms with Crippen molar-refractivity contribution in [2.45, 2.75) is 11.8 Å². The van der Waals surface area contributed by atoms with Crippen molar-refractivity contribution in [1.29, 1.82) is 5.26 Å². The van der Waals surface area contributed by atoms with E-state index in [0.29, 0.717) is 16.1 Å². The Morgan fingerprint density at radius 3 is 2.74 bits per heavy atom. The van der Waals surface area contributed by atoms with Gasteiger partial charge in [0.25, 0.3) is 11.6 Å². The highest BCUT2D eigenvalue weighted by atomic mass is 32.2. The zero-order valence-electron chi connectivity index (χ0n) is 14.3. The van der Waals surface area contributed by atoms with E-state index in [-0.39, 0.29) is 17.0 Å². The fourth-order valence-electron chi connectivity index (χ4n) is 2.14. The number of rotatable bonds is 7. The number of carbonyl (C=O) groups excluding carboxylic acids is 2. The van der Waals surface area contributed by atoms with Crippen LogP contribution in [0.5, 0.6) is 0 Å². The summed E-state index contributed by atoms with van der Waals surface area (Å²) < 4.78 is 4.92. The van der Waals surface area contributed by atoms with Crippen LogP contribution in [0.25, 0.3) is 0 Å². The summed E-state index contributed by atoms with van der Waals surface area (Å²) in [5.74, 6) is -1.16. The molecule has 0 aliphatic carbocycles. The van der Waals surface area contributed by atoms with Crippen LogP contribution in [0.1, 0.15) is 15.9 Å². The van der Waals surface area contributed by atoms with E-state index < -0.39 is 23.4 Å². The number of anilines is 1. The molecule has 27 heavy (non-hydrogen) atoms. The fourth-order valence-corrected chi connectivity index (χ4v) is 2.81. The standard InChI is InChI=1S/C18H15N3O5S/c1-12-6-7-13(10-15(12)21(24)25)18(23)26-11-17(22)20-14-4-2-3-5-16(14)27-9-8-19/h2-7,10H,9,11H2,1H3,(H,20,22). The summed E-state index contributed by atoms with van der Waals surface area (Å²) in [7, 11) is 0. The molecule has 0 saturated heterocycles. The number of nitrogens with one attached hydrogen (secondary N) is 1. The predicted octanol–water partition coefficient (Wildman–Crippen LogP) is 3.31. The molecule has 0 radical (unpaired) electrons. The maximum atomic E-state index is 12.0. The number of ether oxygens (including phenoxy) is 1. The van der Waals surface area contributed by atoms with Crippen molar-refractivity contribution in [3.8, 4) is 6.07 Å². The van der Waals surface area contributed by atoms with Crippen LogP contribution >= 0.6 is 11.8 Å². The Labute approximate surface area is 159 Å². The average molecular weight is 385 g/mol. The normalized spacial score (nSPS) is 9.93. The third-order valence-electron chi connectivity index (χ3n) is 3.43. The lowest BCUT2D eigenvalue weighted by molar-refractivity contribution is -0.385. The Hall–Kier alpha value is -3.38. The van der Waals surface area contributed by atoms with Gasteiger partial charge in [0.1, 0.15) is 0 Å². The van der Waals surface area contributed by atoms with Crippen molar-refractivity contribution in [2.24, 2.45) is 0 Å². The first kappa shape index (κ1) is 19.9. The highest BCUT2D eigenvalue weighted by Gasteiger charge is 2.17. The number of nitro benzene ring substituents is 1. The molecule has 0 aliphatic rings. The largest absolute Gasteiger partial charge is 0.452 e. The number of hydrogen-bond donors (Lipinski definition) is 1. The van der Waals surface area contributed by atoms with E-state index in [4.69, 9.17) is 10.00 Å². The Morgan fingerprint density at radius 1 is 1.30 bits per heavy atom. The van der Waals surface area contributed by atoms with Gasteiger partial charge in [-0.25, -0.2) is 4.79 Å². The minimum absolute atomic E-state index is 0.00919. The quantitative estimate of drug-likeness (QED) is 0.336. The number of hydrogen-bond acceptors (Lipinski definition) is 7. The summed E-state index contributed by atoms with van der Waals surface area (Å²) in [4.78, 5) is 35.1. The van der Waals surface area contributed by atoms with E-state index in [1.165, 1.54) is 23.9 Å². The van der Waals surface area contributed by atoms with Gasteiger partial charge in [0.05, 0.1) is 28.0 Å². The first-order valence-corrected chi connectivity index (χ1v) is 8.71. The molecule has 1 N–H and O–H groups in total. The molecule has 0 unspecified atom stereocenters. The molecule has 9 heteroatoms. The van der Waals surface area contributed by atoms with E-state index >= 15 is 0 Å². The summed E-state index contributed by atoms with van der Waals surface area (Å²) in [6, 6.07) is 12.9. The number of nitro groups is 1. The van der Waals surface area contributed by atoms with Gasteiger partial charge in [0.15, 0.2) is 6.61 Å². The Bertz CT molecular complexity index is 923. The van der Waals surface area contributed by atoms with Gasteiger partial charge in [-0.3, -0.25) is 14.9 Å². The molecule has 2 aromatic carbocycles. The number of benzene rings is 2. The van der Waals surface area contributed by atoms with E-state index in [2.05, 4.69) is 5.32 Å². The molecule has 0 spiro atoms. The van der Waals surface area contributed by atoms with Gasteiger partial charge in [-0.2, -0.15) is 5.26 Å². The van der Waals surface area contributed by atoms with Crippen LogP contribution in [0.3, 0.4) is 0 Å². The van der Waals surface area contributed by atoms with Gasteiger partial charge in [0, 0.05) is 16.5 Å². The van der Waals surface area contributed by atoms with Crippen LogP contribution in [-0.2, 0) is 9.53 Å². The summed E-state index contributed by atoms with van der Waals surface area (Å²) >= 11 is 1.27. The number of esters is 1. The maximum Gasteiger partial charge on any atom is 0.338 e. The van der Waals surface area contributed by atoms with Crippen molar-refractivity contribution >= 4 is 35.0 Å². The van der Waals surface area contributed by atoms with E-state index in [9.17, 15) is 19.7 Å². The lowest BCUT2D eigenvalue weighted by atomic mass is 10.1. The van der Waals surface area contributed by atoms with E-state index in [1.54, 1.807) is 31.2 Å². The number of amides is 1. The average Bonchev–Trinajstić information content (AvgIpc) is 2.65. The van der Waals surface area contributed by atoms with Crippen molar-refractivity contribution in [2.75, 3.05) is 17.7 Å². The summed E-state index contributed by atoms with van der Waals surface area (Å²) in [6.45, 7) is 1.01. The Balaban J connectivity index is 1.98. The molecular formula is C18H15N3O5S. The van der Waals surface area contributed by atoms with Crippen LogP contribution in [0.15, 0.2) is 47.4 Å². The van der Waals surface area contributed by atoms with Crippen molar-refractivity contribution in [1.82, 2.24) is 0 Å². The molecule has 0 atom stereocenters. The first-order chi connectivity index (χ1) is 12.9. The third kappa shape index (κ3) is 5.55. The maximum absolute atomic E-state index is 12.0. The van der Waals surface area contributed by atoms with Crippen LogP contribution < -0.4 is 5.32 Å². The zero-order chi connectivity index (χ0) is 19.8. The van der Waals surface area contributed by atoms with Crippen molar-refractivity contribution < 1.29 is 19.2 Å².